The first-order valence-electron chi connectivity index (χ1n) is 14.4. The maximum absolute atomic E-state index is 15.1. The van der Waals surface area contributed by atoms with Gasteiger partial charge in [0.15, 0.2) is 17.4 Å². The van der Waals surface area contributed by atoms with Crippen LogP contribution in [0.3, 0.4) is 0 Å². The number of benzene rings is 2. The third-order valence-corrected chi connectivity index (χ3v) is 8.59. The Morgan fingerprint density at radius 2 is 1.77 bits per heavy atom. The highest BCUT2D eigenvalue weighted by Gasteiger charge is 2.28. The second-order valence-corrected chi connectivity index (χ2v) is 11.6. The summed E-state index contributed by atoms with van der Waals surface area (Å²) >= 11 is 0. The number of nitrogens with zero attached hydrogens (tertiary/aromatic N) is 5. The molecule has 2 aliphatic heterocycles. The van der Waals surface area contributed by atoms with Crippen LogP contribution >= 0.6 is 0 Å². The zero-order valence-corrected chi connectivity index (χ0v) is 23.8. The zero-order chi connectivity index (χ0) is 28.0. The molecule has 1 aliphatic carbocycles. The highest BCUT2D eigenvalue weighted by molar-refractivity contribution is 5.74. The van der Waals surface area contributed by atoms with Gasteiger partial charge in [-0.1, -0.05) is 0 Å². The van der Waals surface area contributed by atoms with Gasteiger partial charge in [0, 0.05) is 42.1 Å². The van der Waals surface area contributed by atoms with Crippen LogP contribution in [-0.2, 0) is 12.8 Å². The van der Waals surface area contributed by atoms with Crippen LogP contribution in [0.5, 0.6) is 5.75 Å². The van der Waals surface area contributed by atoms with E-state index in [1.54, 1.807) is 6.07 Å². The summed E-state index contributed by atoms with van der Waals surface area (Å²) in [6.45, 7) is 7.26. The molecule has 40 heavy (non-hydrogen) atoms. The van der Waals surface area contributed by atoms with Crippen LogP contribution in [0.25, 0.3) is 11.3 Å². The molecular formula is C31H38F2N6O. The molecule has 1 saturated heterocycles. The van der Waals surface area contributed by atoms with Gasteiger partial charge in [-0.15, -0.1) is 0 Å². The minimum absolute atomic E-state index is 0.0607. The lowest BCUT2D eigenvalue weighted by molar-refractivity contribution is 0.249. The summed E-state index contributed by atoms with van der Waals surface area (Å²) in [6.07, 6.45) is 6.62. The molecule has 0 unspecified atom stereocenters. The zero-order valence-electron chi connectivity index (χ0n) is 23.8. The number of halogens is 2. The van der Waals surface area contributed by atoms with Gasteiger partial charge in [0.05, 0.1) is 18.4 Å². The number of nitrogens with one attached hydrogen (secondary N) is 1. The Bertz CT molecular complexity index is 1400. The van der Waals surface area contributed by atoms with E-state index in [2.05, 4.69) is 56.2 Å². The van der Waals surface area contributed by atoms with Crippen LogP contribution in [0.1, 0.15) is 44.2 Å². The molecule has 0 bridgehead atoms. The van der Waals surface area contributed by atoms with E-state index in [9.17, 15) is 0 Å². The summed E-state index contributed by atoms with van der Waals surface area (Å²) in [5, 5.41) is 3.35. The van der Waals surface area contributed by atoms with Crippen LogP contribution in [0.4, 0.5) is 31.8 Å². The molecule has 212 valence electrons. The standard InChI is InChI=1S/C31H38F2N6O/c1-19(2)39-14-15-40-30-24(32)16-20(17-28(30)39)29-25(33)18-34-31(36-29)35-26-8-9-27(23-7-5-6-22(23)26)38-12-10-21(11-13-38)37(3)4/h8-9,16-19,21H,5-7,10-15H2,1-4H3,(H,34,35,36). The van der Waals surface area contributed by atoms with Crippen LogP contribution in [0.15, 0.2) is 30.5 Å². The molecule has 9 heteroatoms. The van der Waals surface area contributed by atoms with Crippen molar-refractivity contribution in [3.63, 3.8) is 0 Å². The highest BCUT2D eigenvalue weighted by atomic mass is 19.1. The van der Waals surface area contributed by atoms with Gasteiger partial charge in [-0.3, -0.25) is 0 Å². The SMILES string of the molecule is CC(C)N1CCOc2c(F)cc(-c3nc(Nc4ccc(N5CCC(N(C)C)CC5)c5c4CCC5)ncc3F)cc21. The van der Waals surface area contributed by atoms with Crippen molar-refractivity contribution in [3.05, 3.63) is 53.2 Å². The molecule has 0 amide bonds. The van der Waals surface area contributed by atoms with Gasteiger partial charge in [0.1, 0.15) is 12.3 Å². The monoisotopic (exact) mass is 548 g/mol. The largest absolute Gasteiger partial charge is 0.486 e. The summed E-state index contributed by atoms with van der Waals surface area (Å²) in [5.74, 6) is -0.619. The number of aromatic nitrogens is 2. The topological polar surface area (TPSA) is 56.8 Å². The van der Waals surface area contributed by atoms with E-state index >= 15 is 8.78 Å². The molecule has 6 rings (SSSR count). The van der Waals surface area contributed by atoms with Crippen molar-refractivity contribution in [3.8, 4) is 17.0 Å². The van der Waals surface area contributed by atoms with Crippen molar-refractivity contribution in [1.29, 1.82) is 0 Å². The lowest BCUT2D eigenvalue weighted by atomic mass is 10.00. The third kappa shape index (κ3) is 4.96. The Morgan fingerprint density at radius 3 is 2.52 bits per heavy atom. The number of hydrogen-bond acceptors (Lipinski definition) is 7. The molecule has 3 heterocycles. The van der Waals surface area contributed by atoms with E-state index in [-0.39, 0.29) is 17.5 Å². The van der Waals surface area contributed by atoms with E-state index < -0.39 is 11.6 Å². The molecule has 1 aromatic heterocycles. The predicted molar refractivity (Wildman–Crippen MR) is 156 cm³/mol. The highest BCUT2D eigenvalue weighted by Crippen LogP contribution is 2.41. The molecule has 7 nitrogen and oxygen atoms in total. The summed E-state index contributed by atoms with van der Waals surface area (Å²) in [4.78, 5) is 15.7. The predicted octanol–water partition coefficient (Wildman–Crippen LogP) is 5.79. The van der Waals surface area contributed by atoms with E-state index in [0.717, 1.165) is 57.1 Å². The molecule has 2 aromatic carbocycles. The van der Waals surface area contributed by atoms with E-state index in [1.165, 1.54) is 22.9 Å². The van der Waals surface area contributed by atoms with E-state index in [1.807, 2.05) is 13.8 Å². The number of anilines is 4. The smallest absolute Gasteiger partial charge is 0.227 e. The minimum atomic E-state index is -0.598. The average molecular weight is 549 g/mol. The van der Waals surface area contributed by atoms with Crippen LogP contribution in [0.2, 0.25) is 0 Å². The second kappa shape index (κ2) is 10.8. The fourth-order valence-electron chi connectivity index (χ4n) is 6.45. The Hall–Kier alpha value is -3.46. The van der Waals surface area contributed by atoms with Gasteiger partial charge >= 0.3 is 0 Å². The first kappa shape index (κ1) is 26.7. The summed E-state index contributed by atoms with van der Waals surface area (Å²) < 4.78 is 35.7. The van der Waals surface area contributed by atoms with Gasteiger partial charge in [-0.05, 0) is 95.4 Å². The molecule has 3 aliphatic rings. The van der Waals surface area contributed by atoms with Crippen molar-refractivity contribution < 1.29 is 13.5 Å². The van der Waals surface area contributed by atoms with Gasteiger partial charge in [0.25, 0.3) is 0 Å². The van der Waals surface area contributed by atoms with Crippen molar-refractivity contribution in [1.82, 2.24) is 14.9 Å². The lowest BCUT2D eigenvalue weighted by Crippen LogP contribution is -2.42. The second-order valence-electron chi connectivity index (χ2n) is 11.6. The Labute approximate surface area is 235 Å². The molecular weight excluding hydrogens is 510 g/mol. The molecule has 0 radical (unpaired) electrons. The van der Waals surface area contributed by atoms with Gasteiger partial charge < -0.3 is 24.8 Å². The van der Waals surface area contributed by atoms with Gasteiger partial charge in [-0.2, -0.15) is 0 Å². The molecule has 1 N–H and O–H groups in total. The number of rotatable bonds is 6. The number of hydrogen-bond donors (Lipinski definition) is 1. The molecule has 0 atom stereocenters. The van der Waals surface area contributed by atoms with E-state index in [4.69, 9.17) is 4.74 Å². The minimum Gasteiger partial charge on any atom is -0.486 e. The van der Waals surface area contributed by atoms with Crippen molar-refractivity contribution in [2.45, 2.75) is 58.0 Å². The quantitative estimate of drug-likeness (QED) is 0.418. The Balaban J connectivity index is 1.29. The Kier molecular flexibility index (Phi) is 7.25. The first-order valence-corrected chi connectivity index (χ1v) is 14.4. The van der Waals surface area contributed by atoms with Crippen molar-refractivity contribution in [2.24, 2.45) is 0 Å². The summed E-state index contributed by atoms with van der Waals surface area (Å²) in [7, 11) is 4.33. The maximum Gasteiger partial charge on any atom is 0.227 e. The summed E-state index contributed by atoms with van der Waals surface area (Å²) in [5.41, 5.74) is 5.99. The molecule has 3 aromatic rings. The number of piperidine rings is 1. The first-order chi connectivity index (χ1) is 19.3. The van der Waals surface area contributed by atoms with Crippen molar-refractivity contribution >= 4 is 23.0 Å². The van der Waals surface area contributed by atoms with Gasteiger partial charge in [-0.25, -0.2) is 18.7 Å². The number of fused-ring (bicyclic) bond motifs is 2. The third-order valence-electron chi connectivity index (χ3n) is 8.59. The van der Waals surface area contributed by atoms with Crippen LogP contribution in [-0.4, -0.2) is 67.3 Å². The van der Waals surface area contributed by atoms with Crippen LogP contribution in [0, 0.1) is 11.6 Å². The van der Waals surface area contributed by atoms with Crippen molar-refractivity contribution in [2.75, 3.05) is 55.5 Å². The number of ether oxygens (including phenoxy) is 1. The molecule has 0 saturated carbocycles. The average Bonchev–Trinajstić information content (AvgIpc) is 3.44. The molecule has 0 spiro atoms. The fraction of sp³-hybridized carbons (Fsp3) is 0.484. The van der Waals surface area contributed by atoms with Crippen LogP contribution < -0.4 is 19.9 Å². The molecule has 1 fully saturated rings. The lowest BCUT2D eigenvalue weighted by Gasteiger charge is -2.37. The Morgan fingerprint density at radius 1 is 1.00 bits per heavy atom. The van der Waals surface area contributed by atoms with E-state index in [0.29, 0.717) is 36.4 Å². The normalized spacial score (nSPS) is 17.3. The maximum atomic E-state index is 15.1. The summed E-state index contributed by atoms with van der Waals surface area (Å²) in [6, 6.07) is 8.14. The fourth-order valence-corrected chi connectivity index (χ4v) is 6.45. The van der Waals surface area contributed by atoms with Gasteiger partial charge in [0.2, 0.25) is 5.95 Å².